The largest absolute Gasteiger partial charge is 0.435 e. The lowest BCUT2D eigenvalue weighted by Gasteiger charge is -2.13. The van der Waals surface area contributed by atoms with Crippen molar-refractivity contribution in [1.82, 2.24) is 9.78 Å². The van der Waals surface area contributed by atoms with Gasteiger partial charge < -0.3 is 5.32 Å². The van der Waals surface area contributed by atoms with E-state index in [0.29, 0.717) is 6.07 Å². The van der Waals surface area contributed by atoms with Gasteiger partial charge in [0.05, 0.1) is 11.3 Å². The van der Waals surface area contributed by atoms with Gasteiger partial charge in [-0.05, 0) is 23.8 Å². The number of halogens is 6. The van der Waals surface area contributed by atoms with Crippen LogP contribution in [0.25, 0.3) is 11.1 Å². The molecule has 0 unspecified atom stereocenters. The summed E-state index contributed by atoms with van der Waals surface area (Å²) < 4.78 is 81.1. The van der Waals surface area contributed by atoms with Crippen molar-refractivity contribution in [2.24, 2.45) is 7.05 Å². The number of alkyl halides is 3. The van der Waals surface area contributed by atoms with E-state index < -0.39 is 46.5 Å². The maximum absolute atomic E-state index is 14.3. The number of rotatable bonds is 3. The molecule has 0 saturated heterocycles. The van der Waals surface area contributed by atoms with E-state index in [1.165, 1.54) is 19.2 Å². The van der Waals surface area contributed by atoms with Crippen molar-refractivity contribution < 1.29 is 31.1 Å². The molecule has 146 valence electrons. The second kappa shape index (κ2) is 7.02. The molecular weight excluding hydrogens is 388 g/mol. The summed E-state index contributed by atoms with van der Waals surface area (Å²) in [5, 5.41) is 5.24. The van der Waals surface area contributed by atoms with Crippen molar-refractivity contribution in [3.63, 3.8) is 0 Å². The van der Waals surface area contributed by atoms with Gasteiger partial charge in [-0.1, -0.05) is 12.1 Å². The molecule has 1 heterocycles. The van der Waals surface area contributed by atoms with E-state index in [9.17, 15) is 31.1 Å². The first-order chi connectivity index (χ1) is 13.1. The number of anilines is 1. The molecule has 0 spiro atoms. The SMILES string of the molecule is Cn1cc(C(=O)Nc2c(F)cc(F)cc2-c2ccc(F)cc2)c(C(F)(F)F)n1. The Morgan fingerprint density at radius 1 is 1.04 bits per heavy atom. The van der Waals surface area contributed by atoms with Gasteiger partial charge in [-0.15, -0.1) is 0 Å². The first kappa shape index (κ1) is 19.5. The van der Waals surface area contributed by atoms with E-state index in [0.717, 1.165) is 29.1 Å². The van der Waals surface area contributed by atoms with Crippen LogP contribution in [0.2, 0.25) is 0 Å². The van der Waals surface area contributed by atoms with E-state index in [-0.39, 0.29) is 11.1 Å². The van der Waals surface area contributed by atoms with E-state index in [4.69, 9.17) is 0 Å². The van der Waals surface area contributed by atoms with Gasteiger partial charge in [-0.2, -0.15) is 18.3 Å². The topological polar surface area (TPSA) is 46.9 Å². The average Bonchev–Trinajstić information content (AvgIpc) is 3.00. The molecule has 0 aliphatic carbocycles. The summed E-state index contributed by atoms with van der Waals surface area (Å²) in [5.74, 6) is -4.07. The molecule has 0 radical (unpaired) electrons. The molecule has 0 fully saturated rings. The highest BCUT2D eigenvalue weighted by molar-refractivity contribution is 6.07. The number of nitrogens with one attached hydrogen (secondary N) is 1. The summed E-state index contributed by atoms with van der Waals surface area (Å²) in [7, 11) is 1.19. The molecule has 28 heavy (non-hydrogen) atoms. The highest BCUT2D eigenvalue weighted by atomic mass is 19.4. The first-order valence-electron chi connectivity index (χ1n) is 7.73. The van der Waals surface area contributed by atoms with Crippen LogP contribution in [0, 0.1) is 17.5 Å². The molecule has 10 heteroatoms. The van der Waals surface area contributed by atoms with Gasteiger partial charge in [0.1, 0.15) is 17.5 Å². The zero-order valence-electron chi connectivity index (χ0n) is 14.1. The number of aromatic nitrogens is 2. The van der Waals surface area contributed by atoms with Crippen LogP contribution in [0.15, 0.2) is 42.6 Å². The molecule has 4 nitrogen and oxygen atoms in total. The molecule has 1 aromatic heterocycles. The molecule has 0 bridgehead atoms. The number of benzene rings is 2. The van der Waals surface area contributed by atoms with E-state index in [1.807, 2.05) is 5.32 Å². The second-order valence-corrected chi connectivity index (χ2v) is 5.83. The quantitative estimate of drug-likeness (QED) is 0.645. The fraction of sp³-hybridized carbons (Fsp3) is 0.111. The van der Waals surface area contributed by atoms with Crippen LogP contribution in [-0.2, 0) is 13.2 Å². The van der Waals surface area contributed by atoms with Gasteiger partial charge in [-0.25, -0.2) is 13.2 Å². The summed E-state index contributed by atoms with van der Waals surface area (Å²) >= 11 is 0. The maximum atomic E-state index is 14.3. The fourth-order valence-electron chi connectivity index (χ4n) is 2.60. The van der Waals surface area contributed by atoms with Crippen LogP contribution in [0.1, 0.15) is 16.1 Å². The molecule has 3 aromatic rings. The minimum Gasteiger partial charge on any atom is -0.319 e. The van der Waals surface area contributed by atoms with Crippen molar-refractivity contribution >= 4 is 11.6 Å². The lowest BCUT2D eigenvalue weighted by Crippen LogP contribution is -2.19. The van der Waals surface area contributed by atoms with Crippen LogP contribution in [0.5, 0.6) is 0 Å². The molecule has 1 N–H and O–H groups in total. The minimum atomic E-state index is -4.91. The third-order valence-electron chi connectivity index (χ3n) is 3.79. The maximum Gasteiger partial charge on any atom is 0.435 e. The van der Waals surface area contributed by atoms with Crippen LogP contribution in [0.4, 0.5) is 32.0 Å². The van der Waals surface area contributed by atoms with E-state index >= 15 is 0 Å². The Bertz CT molecular complexity index is 1040. The normalized spacial score (nSPS) is 11.5. The van der Waals surface area contributed by atoms with Crippen molar-refractivity contribution in [2.45, 2.75) is 6.18 Å². The summed E-state index contributed by atoms with van der Waals surface area (Å²) in [5.41, 5.74) is -2.84. The third kappa shape index (κ3) is 3.85. The molecule has 0 saturated carbocycles. The zero-order valence-corrected chi connectivity index (χ0v) is 14.1. The number of carbonyl (C=O) groups excluding carboxylic acids is 1. The number of hydrogen-bond donors (Lipinski definition) is 1. The average molecular weight is 399 g/mol. The van der Waals surface area contributed by atoms with Crippen LogP contribution in [-0.4, -0.2) is 15.7 Å². The first-order valence-corrected chi connectivity index (χ1v) is 7.73. The highest BCUT2D eigenvalue weighted by Crippen LogP contribution is 2.34. The smallest absolute Gasteiger partial charge is 0.319 e. The van der Waals surface area contributed by atoms with Crippen molar-refractivity contribution in [3.8, 4) is 11.1 Å². The molecule has 2 aromatic carbocycles. The number of aryl methyl sites for hydroxylation is 1. The summed E-state index contributed by atoms with van der Waals surface area (Å²) in [6.45, 7) is 0. The molecular formula is C18H11F6N3O. The standard InChI is InChI=1S/C18H11F6N3O/c1-27-8-13(16(26-27)18(22,23)24)17(28)25-15-12(6-11(20)7-14(15)21)9-2-4-10(19)5-3-9/h2-8H,1H3,(H,25,28). The van der Waals surface area contributed by atoms with Gasteiger partial charge in [-0.3, -0.25) is 9.48 Å². The van der Waals surface area contributed by atoms with Crippen molar-refractivity contribution in [1.29, 1.82) is 0 Å². The Balaban J connectivity index is 2.06. The van der Waals surface area contributed by atoms with Crippen LogP contribution in [0.3, 0.4) is 0 Å². The monoisotopic (exact) mass is 399 g/mol. The van der Waals surface area contributed by atoms with Crippen LogP contribution < -0.4 is 5.32 Å². The summed E-state index contributed by atoms with van der Waals surface area (Å²) in [6.07, 6.45) is -4.08. The predicted octanol–water partition coefficient (Wildman–Crippen LogP) is 4.78. The lowest BCUT2D eigenvalue weighted by atomic mass is 10.0. The van der Waals surface area contributed by atoms with Gasteiger partial charge in [0.2, 0.25) is 0 Å². The van der Waals surface area contributed by atoms with Crippen molar-refractivity contribution in [3.05, 3.63) is 71.3 Å². The Hall–Kier alpha value is -3.30. The van der Waals surface area contributed by atoms with Gasteiger partial charge in [0.25, 0.3) is 5.91 Å². The third-order valence-corrected chi connectivity index (χ3v) is 3.79. The number of hydrogen-bond acceptors (Lipinski definition) is 2. The van der Waals surface area contributed by atoms with Gasteiger partial charge >= 0.3 is 6.18 Å². The number of amides is 1. The minimum absolute atomic E-state index is 0.150. The molecule has 1 amide bonds. The van der Waals surface area contributed by atoms with Crippen molar-refractivity contribution in [2.75, 3.05) is 5.32 Å². The molecule has 3 rings (SSSR count). The van der Waals surface area contributed by atoms with Crippen LogP contribution >= 0.6 is 0 Å². The summed E-state index contributed by atoms with van der Waals surface area (Å²) in [6, 6.07) is 5.84. The van der Waals surface area contributed by atoms with E-state index in [1.54, 1.807) is 0 Å². The second-order valence-electron chi connectivity index (χ2n) is 5.83. The Morgan fingerprint density at radius 2 is 1.68 bits per heavy atom. The number of nitrogens with zero attached hydrogens (tertiary/aromatic N) is 2. The highest BCUT2D eigenvalue weighted by Gasteiger charge is 2.39. The molecule has 0 aliphatic rings. The molecule has 0 atom stereocenters. The fourth-order valence-corrected chi connectivity index (χ4v) is 2.60. The molecule has 0 aliphatic heterocycles. The van der Waals surface area contributed by atoms with Gasteiger partial charge in [0, 0.05) is 24.9 Å². The van der Waals surface area contributed by atoms with E-state index in [2.05, 4.69) is 5.10 Å². The Morgan fingerprint density at radius 3 is 2.29 bits per heavy atom. The number of carbonyl (C=O) groups is 1. The predicted molar refractivity (Wildman–Crippen MR) is 87.9 cm³/mol. The summed E-state index contributed by atoms with van der Waals surface area (Å²) in [4.78, 5) is 12.4. The zero-order chi connectivity index (χ0) is 20.6. The Kier molecular flexibility index (Phi) is 4.88. The lowest BCUT2D eigenvalue weighted by molar-refractivity contribution is -0.141. The van der Waals surface area contributed by atoms with Gasteiger partial charge in [0.15, 0.2) is 5.69 Å². The Labute approximate surface area is 154 Å².